The summed E-state index contributed by atoms with van der Waals surface area (Å²) in [5, 5.41) is 0.484. The van der Waals surface area contributed by atoms with E-state index in [9.17, 15) is 0 Å². The van der Waals surface area contributed by atoms with Gasteiger partial charge in [-0.2, -0.15) is 0 Å². The molecular formula is C5H4Br2Cl2. The van der Waals surface area contributed by atoms with Gasteiger partial charge in [-0.25, -0.2) is 0 Å². The van der Waals surface area contributed by atoms with Crippen molar-refractivity contribution in [2.24, 2.45) is 0 Å². The Labute approximate surface area is 80.8 Å². The first-order valence-corrected chi connectivity index (χ1v) is 4.66. The number of halogens is 4. The predicted octanol–water partition coefficient (Wildman–Crippen LogP) is 3.61. The van der Waals surface area contributed by atoms with E-state index < -0.39 is 4.87 Å². The van der Waals surface area contributed by atoms with Crippen molar-refractivity contribution in [3.05, 3.63) is 11.6 Å². The predicted molar refractivity (Wildman–Crippen MR) is 48.8 cm³/mol. The Bertz CT molecular complexity index is 166. The third-order valence-electron chi connectivity index (χ3n) is 1.35. The molecule has 0 spiro atoms. The van der Waals surface area contributed by atoms with Gasteiger partial charge in [-0.1, -0.05) is 50.0 Å². The molecule has 52 valence electrons. The van der Waals surface area contributed by atoms with Gasteiger partial charge in [0.15, 0.2) is 0 Å². The van der Waals surface area contributed by atoms with Crippen LogP contribution >= 0.6 is 55.1 Å². The lowest BCUT2D eigenvalue weighted by Gasteiger charge is -2.05. The van der Waals surface area contributed by atoms with Gasteiger partial charge in [0.1, 0.15) is 8.11 Å². The van der Waals surface area contributed by atoms with Crippen molar-refractivity contribution in [1.29, 1.82) is 0 Å². The highest BCUT2D eigenvalue weighted by Crippen LogP contribution is 2.67. The maximum absolute atomic E-state index is 5.95. The van der Waals surface area contributed by atoms with Crippen LogP contribution < -0.4 is 0 Å². The van der Waals surface area contributed by atoms with Crippen molar-refractivity contribution >= 4 is 55.1 Å². The van der Waals surface area contributed by atoms with Crippen LogP contribution in [0.4, 0.5) is 0 Å². The van der Waals surface area contributed by atoms with E-state index in [1.807, 2.05) is 0 Å². The first kappa shape index (κ1) is 8.38. The molecule has 1 saturated carbocycles. The molecule has 0 heterocycles. The summed E-state index contributed by atoms with van der Waals surface area (Å²) in [4.78, 5) is -0.478. The van der Waals surface area contributed by atoms with Crippen LogP contribution in [0.5, 0.6) is 0 Å². The van der Waals surface area contributed by atoms with E-state index >= 15 is 0 Å². The topological polar surface area (TPSA) is 0 Å². The third kappa shape index (κ3) is 1.20. The molecule has 0 nitrogen and oxygen atoms in total. The van der Waals surface area contributed by atoms with Crippen molar-refractivity contribution in [3.8, 4) is 0 Å². The summed E-state index contributed by atoms with van der Waals surface area (Å²) in [6.45, 7) is 3.56. The van der Waals surface area contributed by atoms with Crippen molar-refractivity contribution in [1.82, 2.24) is 0 Å². The lowest BCUT2D eigenvalue weighted by Crippen LogP contribution is -2.06. The summed E-state index contributed by atoms with van der Waals surface area (Å²) in [6.07, 6.45) is 0.782. The molecule has 0 amide bonds. The van der Waals surface area contributed by atoms with Crippen molar-refractivity contribution in [3.63, 3.8) is 0 Å². The van der Waals surface area contributed by atoms with Gasteiger partial charge < -0.3 is 0 Å². The van der Waals surface area contributed by atoms with E-state index in [0.717, 1.165) is 6.42 Å². The molecule has 0 aromatic carbocycles. The Morgan fingerprint density at radius 2 is 1.89 bits per heavy atom. The molecule has 4 heteroatoms. The summed E-state index contributed by atoms with van der Waals surface area (Å²) in [7, 11) is 0. The van der Waals surface area contributed by atoms with Gasteiger partial charge in [0, 0.05) is 11.5 Å². The molecule has 0 aromatic heterocycles. The third-order valence-corrected chi connectivity index (χ3v) is 4.83. The van der Waals surface area contributed by atoms with Gasteiger partial charge in [-0.05, 0) is 0 Å². The smallest absolute Gasteiger partial charge is 0.107 e. The molecule has 1 fully saturated rings. The molecule has 1 atom stereocenters. The van der Waals surface area contributed by atoms with Crippen LogP contribution in [-0.2, 0) is 0 Å². The molecule has 0 aromatic rings. The van der Waals surface area contributed by atoms with Crippen LogP contribution in [0.1, 0.15) is 6.42 Å². The van der Waals surface area contributed by atoms with Crippen molar-refractivity contribution < 1.29 is 0 Å². The molecule has 0 saturated heterocycles. The zero-order valence-corrected chi connectivity index (χ0v) is 9.11. The van der Waals surface area contributed by atoms with Gasteiger partial charge in [0.2, 0.25) is 0 Å². The van der Waals surface area contributed by atoms with E-state index in [1.165, 1.54) is 0 Å². The van der Waals surface area contributed by atoms with Crippen LogP contribution in [-0.4, -0.2) is 8.11 Å². The Hall–Kier alpha value is 1.28. The maximum atomic E-state index is 5.95. The van der Waals surface area contributed by atoms with Gasteiger partial charge in [-0.3, -0.25) is 0 Å². The van der Waals surface area contributed by atoms with E-state index in [-0.39, 0.29) is 3.23 Å². The largest absolute Gasteiger partial charge is 0.111 e. The van der Waals surface area contributed by atoms with Crippen molar-refractivity contribution in [2.45, 2.75) is 14.5 Å². The van der Waals surface area contributed by atoms with Crippen LogP contribution in [0.2, 0.25) is 0 Å². The highest BCUT2D eigenvalue weighted by molar-refractivity contribution is 9.25. The summed E-state index contributed by atoms with van der Waals surface area (Å²) in [5.41, 5.74) is 0. The molecule has 0 N–H and O–H groups in total. The number of hydrogen-bond acceptors (Lipinski definition) is 0. The van der Waals surface area contributed by atoms with Crippen LogP contribution in [0.25, 0.3) is 0 Å². The van der Waals surface area contributed by atoms with E-state index in [4.69, 9.17) is 23.2 Å². The second-order valence-corrected chi connectivity index (χ2v) is 6.96. The number of rotatable bonds is 1. The normalized spacial score (nSPS) is 38.2. The Kier molecular flexibility index (Phi) is 1.98. The highest BCUT2D eigenvalue weighted by atomic mass is 79.9. The molecule has 0 bridgehead atoms. The fraction of sp³-hybridized carbons (Fsp3) is 0.600. The van der Waals surface area contributed by atoms with Gasteiger partial charge in [0.05, 0.1) is 0 Å². The minimum Gasteiger partial charge on any atom is -0.111 e. The molecule has 1 unspecified atom stereocenters. The minimum atomic E-state index is -0.478. The molecular weight excluding hydrogens is 291 g/mol. The zero-order chi connectivity index (χ0) is 7.28. The number of hydrogen-bond donors (Lipinski definition) is 0. The molecule has 9 heavy (non-hydrogen) atoms. The summed E-state index contributed by atoms with van der Waals surface area (Å²) in [6, 6.07) is 0. The number of allylic oxidation sites excluding steroid dienone is 1. The van der Waals surface area contributed by atoms with E-state index in [2.05, 4.69) is 38.4 Å². The lowest BCUT2D eigenvalue weighted by atomic mass is 10.4. The number of alkyl halides is 3. The van der Waals surface area contributed by atoms with E-state index in [1.54, 1.807) is 0 Å². The molecule has 0 radical (unpaired) electrons. The SMILES string of the molecule is C=C(Cl)C1(Cl)CC1(Br)Br. The average Bonchev–Trinajstić information content (AvgIpc) is 2.08. The summed E-state index contributed by atoms with van der Waals surface area (Å²) < 4.78 is -0.215. The molecule has 1 aliphatic carbocycles. The second-order valence-electron chi connectivity index (χ2n) is 2.09. The zero-order valence-electron chi connectivity index (χ0n) is 4.43. The highest BCUT2D eigenvalue weighted by Gasteiger charge is 2.66. The van der Waals surface area contributed by atoms with Gasteiger partial charge in [0.25, 0.3) is 0 Å². The quantitative estimate of drug-likeness (QED) is 0.648. The lowest BCUT2D eigenvalue weighted by molar-refractivity contribution is 1.15. The molecule has 1 rings (SSSR count). The minimum absolute atomic E-state index is 0.215. The maximum Gasteiger partial charge on any atom is 0.107 e. The summed E-state index contributed by atoms with van der Waals surface area (Å²) in [5.74, 6) is 0. The Balaban J connectivity index is 2.74. The molecule has 1 aliphatic rings. The van der Waals surface area contributed by atoms with Gasteiger partial charge >= 0.3 is 0 Å². The fourth-order valence-corrected chi connectivity index (χ4v) is 2.86. The second kappa shape index (κ2) is 2.13. The Morgan fingerprint density at radius 3 is 1.89 bits per heavy atom. The molecule has 0 aliphatic heterocycles. The summed E-state index contributed by atoms with van der Waals surface area (Å²) >= 11 is 18.3. The monoisotopic (exact) mass is 292 g/mol. The fourth-order valence-electron chi connectivity index (χ4n) is 0.556. The standard InChI is InChI=1S/C5H4Br2Cl2/c1-3(8)4(9)2-5(4,6)7/h1-2H2. The van der Waals surface area contributed by atoms with Gasteiger partial charge in [-0.15, -0.1) is 11.6 Å². The Morgan fingerprint density at radius 1 is 1.56 bits per heavy atom. The van der Waals surface area contributed by atoms with E-state index in [0.29, 0.717) is 5.03 Å². The first-order chi connectivity index (χ1) is 3.90. The van der Waals surface area contributed by atoms with Crippen LogP contribution in [0, 0.1) is 0 Å². The van der Waals surface area contributed by atoms with Crippen LogP contribution in [0.15, 0.2) is 11.6 Å². The average molecular weight is 295 g/mol. The van der Waals surface area contributed by atoms with Crippen LogP contribution in [0.3, 0.4) is 0 Å². The van der Waals surface area contributed by atoms with Crippen molar-refractivity contribution in [2.75, 3.05) is 0 Å². The first-order valence-electron chi connectivity index (χ1n) is 2.32.